The van der Waals surface area contributed by atoms with Crippen LogP contribution in [0, 0.1) is 11.6 Å². The SMILES string of the molecule is COc1nc(NN)nc(Nc2cccc(F)c2F)n1. The van der Waals surface area contributed by atoms with Crippen LogP contribution in [0.3, 0.4) is 0 Å². The molecule has 0 aliphatic carbocycles. The molecule has 100 valence electrons. The lowest BCUT2D eigenvalue weighted by atomic mass is 10.3. The van der Waals surface area contributed by atoms with Gasteiger partial charge in [0.25, 0.3) is 0 Å². The molecule has 2 rings (SSSR count). The molecule has 7 nitrogen and oxygen atoms in total. The molecule has 1 heterocycles. The molecule has 0 aliphatic rings. The fourth-order valence-electron chi connectivity index (χ4n) is 1.29. The largest absolute Gasteiger partial charge is 0.467 e. The quantitative estimate of drug-likeness (QED) is 0.566. The number of nitrogens with two attached hydrogens (primary N) is 1. The van der Waals surface area contributed by atoms with E-state index < -0.39 is 11.6 Å². The Kier molecular flexibility index (Phi) is 3.66. The highest BCUT2D eigenvalue weighted by Crippen LogP contribution is 2.20. The highest BCUT2D eigenvalue weighted by atomic mass is 19.2. The Morgan fingerprint density at radius 1 is 1.16 bits per heavy atom. The molecule has 0 bridgehead atoms. The van der Waals surface area contributed by atoms with Gasteiger partial charge in [-0.25, -0.2) is 14.6 Å². The second-order valence-corrected chi connectivity index (χ2v) is 3.34. The first-order chi connectivity index (χ1) is 9.13. The van der Waals surface area contributed by atoms with Crippen LogP contribution in [-0.2, 0) is 0 Å². The maximum Gasteiger partial charge on any atom is 0.322 e. The molecule has 0 fully saturated rings. The Bertz CT molecular complexity index is 572. The Labute approximate surface area is 106 Å². The van der Waals surface area contributed by atoms with Crippen molar-refractivity contribution in [2.75, 3.05) is 17.9 Å². The number of rotatable bonds is 4. The number of hydrazine groups is 1. The number of nitrogens with zero attached hydrogens (tertiary/aromatic N) is 3. The number of methoxy groups -OCH3 is 1. The molecule has 2 aromatic rings. The van der Waals surface area contributed by atoms with Crippen molar-refractivity contribution in [1.29, 1.82) is 0 Å². The van der Waals surface area contributed by atoms with Crippen molar-refractivity contribution < 1.29 is 13.5 Å². The van der Waals surface area contributed by atoms with E-state index in [4.69, 9.17) is 10.6 Å². The zero-order valence-electron chi connectivity index (χ0n) is 9.82. The van der Waals surface area contributed by atoms with Gasteiger partial charge in [-0.3, -0.25) is 5.43 Å². The number of aromatic nitrogens is 3. The minimum atomic E-state index is -1.04. The van der Waals surface area contributed by atoms with Crippen molar-refractivity contribution in [2.24, 2.45) is 5.84 Å². The van der Waals surface area contributed by atoms with Gasteiger partial charge in [0.1, 0.15) is 0 Å². The van der Waals surface area contributed by atoms with Gasteiger partial charge >= 0.3 is 6.01 Å². The summed E-state index contributed by atoms with van der Waals surface area (Å²) in [6, 6.07) is 3.66. The van der Waals surface area contributed by atoms with Crippen LogP contribution >= 0.6 is 0 Å². The van der Waals surface area contributed by atoms with E-state index in [1.165, 1.54) is 19.2 Å². The topological polar surface area (TPSA) is 98.0 Å². The lowest BCUT2D eigenvalue weighted by Crippen LogP contribution is -2.13. The lowest BCUT2D eigenvalue weighted by molar-refractivity contribution is 0.379. The van der Waals surface area contributed by atoms with Crippen LogP contribution < -0.4 is 21.3 Å². The van der Waals surface area contributed by atoms with E-state index in [1.54, 1.807) is 0 Å². The Morgan fingerprint density at radius 3 is 2.58 bits per heavy atom. The summed E-state index contributed by atoms with van der Waals surface area (Å²) in [5.74, 6) is 3.13. The molecule has 4 N–H and O–H groups in total. The van der Waals surface area contributed by atoms with Crippen LogP contribution in [-0.4, -0.2) is 22.1 Å². The van der Waals surface area contributed by atoms with E-state index in [0.717, 1.165) is 6.07 Å². The van der Waals surface area contributed by atoms with Gasteiger partial charge in [-0.15, -0.1) is 0 Å². The average Bonchev–Trinajstić information content (AvgIpc) is 2.43. The van der Waals surface area contributed by atoms with Gasteiger partial charge in [-0.1, -0.05) is 6.07 Å². The van der Waals surface area contributed by atoms with E-state index >= 15 is 0 Å². The molecule has 0 atom stereocenters. The molecule has 0 spiro atoms. The smallest absolute Gasteiger partial charge is 0.322 e. The van der Waals surface area contributed by atoms with Gasteiger partial charge < -0.3 is 10.1 Å². The van der Waals surface area contributed by atoms with E-state index in [0.29, 0.717) is 0 Å². The van der Waals surface area contributed by atoms with Gasteiger partial charge in [0.05, 0.1) is 12.8 Å². The highest BCUT2D eigenvalue weighted by molar-refractivity contribution is 5.55. The standard InChI is InChI=1S/C10H10F2N6O/c1-19-10-16-8(15-9(17-10)18-13)14-6-4-2-3-5(11)7(6)12/h2-4H,13H2,1H3,(H2,14,15,16,17,18). The lowest BCUT2D eigenvalue weighted by Gasteiger charge is -2.08. The summed E-state index contributed by atoms with van der Waals surface area (Å²) in [4.78, 5) is 11.4. The van der Waals surface area contributed by atoms with E-state index in [2.05, 4.69) is 25.7 Å². The Balaban J connectivity index is 2.34. The van der Waals surface area contributed by atoms with Crippen molar-refractivity contribution in [1.82, 2.24) is 15.0 Å². The van der Waals surface area contributed by atoms with Crippen molar-refractivity contribution >= 4 is 17.6 Å². The minimum absolute atomic E-state index is 0.0196. The van der Waals surface area contributed by atoms with Gasteiger partial charge in [0.15, 0.2) is 11.6 Å². The van der Waals surface area contributed by atoms with E-state index in [-0.39, 0.29) is 23.6 Å². The van der Waals surface area contributed by atoms with Crippen molar-refractivity contribution in [3.63, 3.8) is 0 Å². The molecule has 0 aliphatic heterocycles. The van der Waals surface area contributed by atoms with Gasteiger partial charge in [-0.2, -0.15) is 15.0 Å². The Morgan fingerprint density at radius 2 is 1.89 bits per heavy atom. The van der Waals surface area contributed by atoms with Crippen LogP contribution in [0.15, 0.2) is 18.2 Å². The summed E-state index contributed by atoms with van der Waals surface area (Å²) in [6.45, 7) is 0. The summed E-state index contributed by atoms with van der Waals surface area (Å²) in [6.07, 6.45) is 0. The zero-order valence-corrected chi connectivity index (χ0v) is 9.82. The van der Waals surface area contributed by atoms with Crippen molar-refractivity contribution in [2.45, 2.75) is 0 Å². The van der Waals surface area contributed by atoms with Crippen LogP contribution in [0.25, 0.3) is 0 Å². The molecule has 19 heavy (non-hydrogen) atoms. The molecule has 0 saturated heterocycles. The monoisotopic (exact) mass is 268 g/mol. The summed E-state index contributed by atoms with van der Waals surface area (Å²) < 4.78 is 31.3. The summed E-state index contributed by atoms with van der Waals surface area (Å²) in [5.41, 5.74) is 2.09. The minimum Gasteiger partial charge on any atom is -0.467 e. The number of nitrogens with one attached hydrogen (secondary N) is 2. The first-order valence-corrected chi connectivity index (χ1v) is 5.11. The second-order valence-electron chi connectivity index (χ2n) is 3.34. The predicted molar refractivity (Wildman–Crippen MR) is 63.8 cm³/mol. The number of nitrogen functional groups attached to an aromatic ring is 1. The molecule has 0 amide bonds. The number of anilines is 3. The molecule has 0 saturated carbocycles. The molecule has 0 radical (unpaired) electrons. The van der Waals surface area contributed by atoms with Crippen molar-refractivity contribution in [3.8, 4) is 6.01 Å². The maximum atomic E-state index is 13.5. The first-order valence-electron chi connectivity index (χ1n) is 5.11. The van der Waals surface area contributed by atoms with Crippen LogP contribution in [0.5, 0.6) is 6.01 Å². The predicted octanol–water partition coefficient (Wildman–Crippen LogP) is 1.19. The fourth-order valence-corrected chi connectivity index (χ4v) is 1.29. The van der Waals surface area contributed by atoms with Crippen molar-refractivity contribution in [3.05, 3.63) is 29.8 Å². The van der Waals surface area contributed by atoms with Gasteiger partial charge in [-0.05, 0) is 12.1 Å². The van der Waals surface area contributed by atoms with E-state index in [9.17, 15) is 8.78 Å². The first kappa shape index (κ1) is 12.9. The third-order valence-corrected chi connectivity index (χ3v) is 2.12. The summed E-state index contributed by atoms with van der Waals surface area (Å²) in [5, 5.41) is 2.51. The zero-order chi connectivity index (χ0) is 13.8. The molecule has 9 heteroatoms. The fraction of sp³-hybridized carbons (Fsp3) is 0.100. The highest BCUT2D eigenvalue weighted by Gasteiger charge is 2.11. The number of halogens is 2. The second kappa shape index (κ2) is 5.40. The third kappa shape index (κ3) is 2.83. The van der Waals surface area contributed by atoms with Crippen LogP contribution in [0.1, 0.15) is 0 Å². The molecule has 1 aromatic carbocycles. The van der Waals surface area contributed by atoms with Crippen LogP contribution in [0.2, 0.25) is 0 Å². The normalized spacial score (nSPS) is 10.1. The average molecular weight is 268 g/mol. The third-order valence-electron chi connectivity index (χ3n) is 2.12. The molecule has 0 unspecified atom stereocenters. The number of ether oxygens (including phenoxy) is 1. The van der Waals surface area contributed by atoms with E-state index in [1.807, 2.05) is 0 Å². The molecular formula is C10H10F2N6O. The summed E-state index contributed by atoms with van der Waals surface area (Å²) in [7, 11) is 1.35. The number of hydrogen-bond acceptors (Lipinski definition) is 7. The molecule has 1 aromatic heterocycles. The number of hydrogen-bond donors (Lipinski definition) is 3. The number of benzene rings is 1. The summed E-state index contributed by atoms with van der Waals surface area (Å²) >= 11 is 0. The van der Waals surface area contributed by atoms with Gasteiger partial charge in [0, 0.05) is 0 Å². The maximum absolute atomic E-state index is 13.5. The van der Waals surface area contributed by atoms with Gasteiger partial charge in [0.2, 0.25) is 11.9 Å². The Hall–Kier alpha value is -2.55. The van der Waals surface area contributed by atoms with Crippen LogP contribution in [0.4, 0.5) is 26.4 Å². The molecular weight excluding hydrogens is 258 g/mol.